The number of rotatable bonds is 4. The Hall–Kier alpha value is -2.88. The number of allylic oxidation sites excluding steroid dienone is 1. The van der Waals surface area contributed by atoms with Crippen molar-refractivity contribution >= 4 is 18.2 Å². The quantitative estimate of drug-likeness (QED) is 0.660. The standard InChI is InChI=1S/C16H14N2O2/c19-15-10-8-14(9-11-15)16(20)18-17-12-4-7-13-5-2-1-3-6-13/h1-12,19H,(H,18,20). The molecule has 0 saturated heterocycles. The lowest BCUT2D eigenvalue weighted by Gasteiger charge is -1.98. The number of aromatic hydroxyl groups is 1. The number of carbonyl (C=O) groups is 1. The van der Waals surface area contributed by atoms with E-state index in [2.05, 4.69) is 10.5 Å². The average Bonchev–Trinajstić information content (AvgIpc) is 2.48. The molecule has 0 aromatic heterocycles. The predicted molar refractivity (Wildman–Crippen MR) is 79.5 cm³/mol. The lowest BCUT2D eigenvalue weighted by atomic mass is 10.2. The Morgan fingerprint density at radius 1 is 1.05 bits per heavy atom. The number of hydrogen-bond acceptors (Lipinski definition) is 3. The van der Waals surface area contributed by atoms with Gasteiger partial charge < -0.3 is 5.11 Å². The van der Waals surface area contributed by atoms with Crippen molar-refractivity contribution in [3.8, 4) is 5.75 Å². The van der Waals surface area contributed by atoms with Crippen molar-refractivity contribution in [1.29, 1.82) is 0 Å². The zero-order valence-corrected chi connectivity index (χ0v) is 10.7. The van der Waals surface area contributed by atoms with Gasteiger partial charge in [0.05, 0.1) is 0 Å². The highest BCUT2D eigenvalue weighted by Crippen LogP contribution is 2.09. The molecule has 0 spiro atoms. The monoisotopic (exact) mass is 266 g/mol. The zero-order valence-electron chi connectivity index (χ0n) is 10.7. The van der Waals surface area contributed by atoms with E-state index in [1.807, 2.05) is 36.4 Å². The molecule has 0 atom stereocenters. The van der Waals surface area contributed by atoms with Crippen LogP contribution < -0.4 is 5.43 Å². The minimum atomic E-state index is -0.325. The van der Waals surface area contributed by atoms with Crippen molar-refractivity contribution in [1.82, 2.24) is 5.43 Å². The molecule has 0 heterocycles. The van der Waals surface area contributed by atoms with Crippen LogP contribution in [0.5, 0.6) is 5.75 Å². The number of hydrogen-bond donors (Lipinski definition) is 2. The number of nitrogens with one attached hydrogen (secondary N) is 1. The van der Waals surface area contributed by atoms with Gasteiger partial charge in [-0.3, -0.25) is 4.79 Å². The topological polar surface area (TPSA) is 61.7 Å². The van der Waals surface area contributed by atoms with Crippen LogP contribution in [0.4, 0.5) is 0 Å². The summed E-state index contributed by atoms with van der Waals surface area (Å²) in [7, 11) is 0. The lowest BCUT2D eigenvalue weighted by molar-refractivity contribution is 0.0955. The van der Waals surface area contributed by atoms with Gasteiger partial charge >= 0.3 is 0 Å². The van der Waals surface area contributed by atoms with Crippen LogP contribution in [0, 0.1) is 0 Å². The number of carbonyl (C=O) groups excluding carboxylic acids is 1. The number of amides is 1. The summed E-state index contributed by atoms with van der Waals surface area (Å²) in [5.41, 5.74) is 3.90. The fourth-order valence-corrected chi connectivity index (χ4v) is 1.53. The SMILES string of the molecule is O=C(NN=CC=Cc1ccccc1)c1ccc(O)cc1. The molecule has 0 unspecified atom stereocenters. The van der Waals surface area contributed by atoms with Crippen molar-refractivity contribution in [2.24, 2.45) is 5.10 Å². The molecular weight excluding hydrogens is 252 g/mol. The summed E-state index contributed by atoms with van der Waals surface area (Å²) < 4.78 is 0. The Labute approximate surface area is 117 Å². The van der Waals surface area contributed by atoms with Crippen LogP contribution in [0.25, 0.3) is 6.08 Å². The van der Waals surface area contributed by atoms with Crippen molar-refractivity contribution < 1.29 is 9.90 Å². The van der Waals surface area contributed by atoms with E-state index in [4.69, 9.17) is 5.11 Å². The van der Waals surface area contributed by atoms with Crippen molar-refractivity contribution in [3.05, 3.63) is 71.8 Å². The first-order valence-corrected chi connectivity index (χ1v) is 6.10. The van der Waals surface area contributed by atoms with Gasteiger partial charge in [0.25, 0.3) is 5.91 Å². The van der Waals surface area contributed by atoms with E-state index in [-0.39, 0.29) is 11.7 Å². The van der Waals surface area contributed by atoms with Gasteiger partial charge in [-0.15, -0.1) is 0 Å². The van der Waals surface area contributed by atoms with E-state index in [0.717, 1.165) is 5.56 Å². The summed E-state index contributed by atoms with van der Waals surface area (Å²) in [6, 6.07) is 15.7. The van der Waals surface area contributed by atoms with Gasteiger partial charge in [-0.2, -0.15) is 5.10 Å². The van der Waals surface area contributed by atoms with Crippen LogP contribution in [-0.4, -0.2) is 17.2 Å². The molecule has 4 nitrogen and oxygen atoms in total. The normalized spacial score (nSPS) is 11.0. The summed E-state index contributed by atoms with van der Waals surface area (Å²) in [4.78, 5) is 11.7. The van der Waals surface area contributed by atoms with Crippen LogP contribution in [0.15, 0.2) is 65.8 Å². The van der Waals surface area contributed by atoms with Gasteiger partial charge in [-0.25, -0.2) is 5.43 Å². The van der Waals surface area contributed by atoms with Crippen molar-refractivity contribution in [3.63, 3.8) is 0 Å². The fraction of sp³-hybridized carbons (Fsp3) is 0. The van der Waals surface area contributed by atoms with Gasteiger partial charge in [-0.1, -0.05) is 36.4 Å². The molecule has 1 amide bonds. The third-order valence-electron chi connectivity index (χ3n) is 2.54. The maximum atomic E-state index is 11.7. The predicted octanol–water partition coefficient (Wildman–Crippen LogP) is 2.82. The van der Waals surface area contributed by atoms with Crippen LogP contribution in [0.2, 0.25) is 0 Å². The molecule has 2 rings (SSSR count). The summed E-state index contributed by atoms with van der Waals surface area (Å²) in [6.07, 6.45) is 5.13. The second-order valence-corrected chi connectivity index (χ2v) is 4.04. The minimum Gasteiger partial charge on any atom is -0.508 e. The Balaban J connectivity index is 1.86. The van der Waals surface area contributed by atoms with E-state index < -0.39 is 0 Å². The number of hydrazone groups is 1. The Kier molecular flexibility index (Phi) is 4.67. The maximum Gasteiger partial charge on any atom is 0.271 e. The number of phenols is 1. The third-order valence-corrected chi connectivity index (χ3v) is 2.54. The number of phenolic OH excluding ortho intramolecular Hbond substituents is 1. The van der Waals surface area contributed by atoms with Crippen LogP contribution in [0.3, 0.4) is 0 Å². The first-order valence-electron chi connectivity index (χ1n) is 6.10. The van der Waals surface area contributed by atoms with Crippen molar-refractivity contribution in [2.45, 2.75) is 0 Å². The van der Waals surface area contributed by atoms with Crippen molar-refractivity contribution in [2.75, 3.05) is 0 Å². The maximum absolute atomic E-state index is 11.7. The van der Waals surface area contributed by atoms with Gasteiger partial charge in [-0.05, 0) is 35.9 Å². The molecule has 0 bridgehead atoms. The molecule has 0 aliphatic rings. The van der Waals surface area contributed by atoms with Crippen LogP contribution >= 0.6 is 0 Å². The first kappa shape index (κ1) is 13.5. The fourth-order valence-electron chi connectivity index (χ4n) is 1.53. The smallest absolute Gasteiger partial charge is 0.271 e. The van der Waals surface area contributed by atoms with E-state index in [0.29, 0.717) is 5.56 Å². The number of benzene rings is 2. The average molecular weight is 266 g/mol. The molecule has 0 aliphatic carbocycles. The van der Waals surface area contributed by atoms with E-state index in [1.165, 1.54) is 30.5 Å². The summed E-state index contributed by atoms with van der Waals surface area (Å²) in [5, 5.41) is 12.9. The summed E-state index contributed by atoms with van der Waals surface area (Å²) >= 11 is 0. The highest BCUT2D eigenvalue weighted by Gasteiger charge is 2.02. The molecule has 100 valence electrons. The van der Waals surface area contributed by atoms with Gasteiger partial charge in [0.1, 0.15) is 5.75 Å². The highest BCUT2D eigenvalue weighted by atomic mass is 16.3. The minimum absolute atomic E-state index is 0.121. The van der Waals surface area contributed by atoms with Gasteiger partial charge in [0.2, 0.25) is 0 Å². The Bertz CT molecular complexity index is 617. The van der Waals surface area contributed by atoms with E-state index >= 15 is 0 Å². The molecule has 20 heavy (non-hydrogen) atoms. The first-order chi connectivity index (χ1) is 9.75. The molecular formula is C16H14N2O2. The Morgan fingerprint density at radius 3 is 2.45 bits per heavy atom. The molecule has 0 radical (unpaired) electrons. The zero-order chi connectivity index (χ0) is 14.2. The van der Waals surface area contributed by atoms with Gasteiger partial charge in [0.15, 0.2) is 0 Å². The largest absolute Gasteiger partial charge is 0.508 e. The molecule has 2 aromatic carbocycles. The molecule has 0 fully saturated rings. The summed E-state index contributed by atoms with van der Waals surface area (Å²) in [6.45, 7) is 0. The molecule has 0 aliphatic heterocycles. The van der Waals surface area contributed by atoms with E-state index in [9.17, 15) is 4.79 Å². The second-order valence-electron chi connectivity index (χ2n) is 4.04. The van der Waals surface area contributed by atoms with E-state index in [1.54, 1.807) is 6.08 Å². The van der Waals surface area contributed by atoms with Crippen LogP contribution in [-0.2, 0) is 0 Å². The second kappa shape index (κ2) is 6.89. The third kappa shape index (κ3) is 4.10. The molecule has 2 aromatic rings. The van der Waals surface area contributed by atoms with Gasteiger partial charge in [0, 0.05) is 11.8 Å². The van der Waals surface area contributed by atoms with Crippen LogP contribution in [0.1, 0.15) is 15.9 Å². The molecule has 2 N–H and O–H groups in total. The number of nitrogens with zero attached hydrogens (tertiary/aromatic N) is 1. The molecule has 0 saturated carbocycles. The highest BCUT2D eigenvalue weighted by molar-refractivity contribution is 5.94. The Morgan fingerprint density at radius 2 is 1.75 bits per heavy atom. The summed E-state index contributed by atoms with van der Waals surface area (Å²) in [5.74, 6) is -0.204. The lowest BCUT2D eigenvalue weighted by Crippen LogP contribution is -2.16. The molecule has 4 heteroatoms.